The largest absolute Gasteiger partial charge is 0.496 e. The Balaban J connectivity index is 2.06. The molecule has 1 atom stereocenters. The van der Waals surface area contributed by atoms with Crippen LogP contribution in [0.2, 0.25) is 0 Å². The second-order valence-corrected chi connectivity index (χ2v) is 5.58. The molecule has 0 aliphatic carbocycles. The molecule has 0 aromatic heterocycles. The van der Waals surface area contributed by atoms with E-state index in [2.05, 4.69) is 15.9 Å². The molecule has 0 amide bonds. The Hall–Kier alpha value is -1.59. The summed E-state index contributed by atoms with van der Waals surface area (Å²) in [6, 6.07) is 10.1. The molecule has 5 heteroatoms. The number of methoxy groups -OCH3 is 1. The molecular formula is C16H17BrFNO2. The Morgan fingerprint density at radius 1 is 1.24 bits per heavy atom. The molecular weight excluding hydrogens is 337 g/mol. The minimum absolute atomic E-state index is 0.336. The van der Waals surface area contributed by atoms with E-state index in [0.717, 1.165) is 15.8 Å². The van der Waals surface area contributed by atoms with Crippen molar-refractivity contribution in [3.8, 4) is 11.5 Å². The quantitative estimate of drug-likeness (QED) is 0.876. The van der Waals surface area contributed by atoms with Gasteiger partial charge in [-0.3, -0.25) is 0 Å². The average molecular weight is 354 g/mol. The summed E-state index contributed by atoms with van der Waals surface area (Å²) in [4.78, 5) is 0. The molecule has 0 radical (unpaired) electrons. The molecule has 21 heavy (non-hydrogen) atoms. The van der Waals surface area contributed by atoms with Crippen LogP contribution in [0.25, 0.3) is 0 Å². The fraction of sp³-hybridized carbons (Fsp3) is 0.250. The monoisotopic (exact) mass is 353 g/mol. The molecule has 0 aliphatic rings. The van der Waals surface area contributed by atoms with Crippen LogP contribution in [0.3, 0.4) is 0 Å². The lowest BCUT2D eigenvalue weighted by Gasteiger charge is -2.11. The summed E-state index contributed by atoms with van der Waals surface area (Å²) in [7, 11) is 1.61. The van der Waals surface area contributed by atoms with Crippen molar-refractivity contribution in [3.05, 3.63) is 57.8 Å². The van der Waals surface area contributed by atoms with Crippen molar-refractivity contribution >= 4 is 15.9 Å². The SMILES string of the molecule is COc1ccc(COc2ccc([C@H](C)N)c(F)c2)cc1Br. The highest BCUT2D eigenvalue weighted by Crippen LogP contribution is 2.26. The zero-order chi connectivity index (χ0) is 15.4. The summed E-state index contributed by atoms with van der Waals surface area (Å²) in [5.74, 6) is 0.883. The first-order valence-corrected chi connectivity index (χ1v) is 7.31. The van der Waals surface area contributed by atoms with Gasteiger partial charge < -0.3 is 15.2 Å². The first-order valence-electron chi connectivity index (χ1n) is 6.51. The van der Waals surface area contributed by atoms with Crippen molar-refractivity contribution in [2.24, 2.45) is 5.73 Å². The topological polar surface area (TPSA) is 44.5 Å². The molecule has 0 heterocycles. The first-order chi connectivity index (χ1) is 10.0. The number of benzene rings is 2. The van der Waals surface area contributed by atoms with E-state index in [1.165, 1.54) is 6.07 Å². The van der Waals surface area contributed by atoms with Gasteiger partial charge in [0.2, 0.25) is 0 Å². The molecule has 2 aromatic carbocycles. The van der Waals surface area contributed by atoms with Crippen LogP contribution in [-0.2, 0) is 6.61 Å². The summed E-state index contributed by atoms with van der Waals surface area (Å²) in [5.41, 5.74) is 7.11. The van der Waals surface area contributed by atoms with E-state index in [0.29, 0.717) is 17.9 Å². The number of hydrogen-bond acceptors (Lipinski definition) is 3. The summed E-state index contributed by atoms with van der Waals surface area (Å²) >= 11 is 3.42. The summed E-state index contributed by atoms with van der Waals surface area (Å²) in [6.07, 6.45) is 0. The third-order valence-electron chi connectivity index (χ3n) is 3.08. The third-order valence-corrected chi connectivity index (χ3v) is 3.70. The number of rotatable bonds is 5. The van der Waals surface area contributed by atoms with E-state index in [9.17, 15) is 4.39 Å². The molecule has 2 N–H and O–H groups in total. The number of nitrogens with two attached hydrogens (primary N) is 1. The molecule has 2 rings (SSSR count). The number of hydrogen-bond donors (Lipinski definition) is 1. The summed E-state index contributed by atoms with van der Waals surface area (Å²) < 4.78 is 25.4. The fourth-order valence-corrected chi connectivity index (χ4v) is 2.52. The number of halogens is 2. The third kappa shape index (κ3) is 3.95. The van der Waals surface area contributed by atoms with Crippen molar-refractivity contribution in [2.75, 3.05) is 7.11 Å². The second-order valence-electron chi connectivity index (χ2n) is 4.73. The normalized spacial score (nSPS) is 12.0. The van der Waals surface area contributed by atoms with Gasteiger partial charge in [-0.15, -0.1) is 0 Å². The van der Waals surface area contributed by atoms with Gasteiger partial charge in [0.05, 0.1) is 11.6 Å². The van der Waals surface area contributed by atoms with Crippen molar-refractivity contribution in [3.63, 3.8) is 0 Å². The Bertz CT molecular complexity index is 632. The zero-order valence-electron chi connectivity index (χ0n) is 11.9. The van der Waals surface area contributed by atoms with Crippen LogP contribution in [0.4, 0.5) is 4.39 Å². The van der Waals surface area contributed by atoms with Crippen LogP contribution < -0.4 is 15.2 Å². The van der Waals surface area contributed by atoms with Crippen molar-refractivity contribution in [1.29, 1.82) is 0 Å². The second kappa shape index (κ2) is 6.91. The van der Waals surface area contributed by atoms with Crippen LogP contribution in [0.1, 0.15) is 24.1 Å². The van der Waals surface area contributed by atoms with Crippen molar-refractivity contribution in [1.82, 2.24) is 0 Å². The molecule has 0 fully saturated rings. The minimum Gasteiger partial charge on any atom is -0.496 e. The molecule has 0 saturated carbocycles. The van der Waals surface area contributed by atoms with E-state index in [4.69, 9.17) is 15.2 Å². The standard InChI is InChI=1S/C16H17BrFNO2/c1-10(19)13-5-4-12(8-15(13)18)21-9-11-3-6-16(20-2)14(17)7-11/h3-8,10H,9,19H2,1-2H3/t10-/m0/s1. The molecule has 2 aromatic rings. The predicted molar refractivity (Wildman–Crippen MR) is 84.0 cm³/mol. The van der Waals surface area contributed by atoms with Gasteiger partial charge in [0.15, 0.2) is 0 Å². The molecule has 3 nitrogen and oxygen atoms in total. The van der Waals surface area contributed by atoms with E-state index in [1.54, 1.807) is 26.2 Å². The Morgan fingerprint density at radius 3 is 2.57 bits per heavy atom. The van der Waals surface area contributed by atoms with Gasteiger partial charge in [0.25, 0.3) is 0 Å². The smallest absolute Gasteiger partial charge is 0.133 e. The minimum atomic E-state index is -0.349. The maximum atomic E-state index is 13.8. The predicted octanol–water partition coefficient (Wildman–Crippen LogP) is 4.20. The lowest BCUT2D eigenvalue weighted by Crippen LogP contribution is -2.07. The van der Waals surface area contributed by atoms with Gasteiger partial charge in [-0.1, -0.05) is 12.1 Å². The van der Waals surface area contributed by atoms with Crippen LogP contribution in [0.5, 0.6) is 11.5 Å². The highest BCUT2D eigenvalue weighted by atomic mass is 79.9. The van der Waals surface area contributed by atoms with Gasteiger partial charge in [0.1, 0.15) is 23.9 Å². The van der Waals surface area contributed by atoms with Crippen LogP contribution in [0.15, 0.2) is 40.9 Å². The molecule has 0 unspecified atom stereocenters. The molecule has 0 spiro atoms. The fourth-order valence-electron chi connectivity index (χ4n) is 1.93. The highest BCUT2D eigenvalue weighted by Gasteiger charge is 2.08. The molecule has 0 bridgehead atoms. The summed E-state index contributed by atoms with van der Waals surface area (Å²) in [5, 5.41) is 0. The molecule has 112 valence electrons. The maximum Gasteiger partial charge on any atom is 0.133 e. The van der Waals surface area contributed by atoms with E-state index in [1.807, 2.05) is 18.2 Å². The first kappa shape index (κ1) is 15.8. The highest BCUT2D eigenvalue weighted by molar-refractivity contribution is 9.10. The average Bonchev–Trinajstić information content (AvgIpc) is 2.45. The Morgan fingerprint density at radius 2 is 2.00 bits per heavy atom. The maximum absolute atomic E-state index is 13.8. The van der Waals surface area contributed by atoms with Crippen LogP contribution in [-0.4, -0.2) is 7.11 Å². The van der Waals surface area contributed by atoms with E-state index in [-0.39, 0.29) is 11.9 Å². The molecule has 0 aliphatic heterocycles. The van der Waals surface area contributed by atoms with E-state index < -0.39 is 0 Å². The van der Waals surface area contributed by atoms with Gasteiger partial charge in [-0.2, -0.15) is 0 Å². The van der Waals surface area contributed by atoms with Gasteiger partial charge in [-0.05, 0) is 46.6 Å². The van der Waals surface area contributed by atoms with Crippen LogP contribution in [0, 0.1) is 5.82 Å². The Kier molecular flexibility index (Phi) is 5.20. The van der Waals surface area contributed by atoms with Gasteiger partial charge >= 0.3 is 0 Å². The van der Waals surface area contributed by atoms with Crippen molar-refractivity contribution < 1.29 is 13.9 Å². The lowest BCUT2D eigenvalue weighted by molar-refractivity contribution is 0.304. The van der Waals surface area contributed by atoms with E-state index >= 15 is 0 Å². The van der Waals surface area contributed by atoms with Crippen molar-refractivity contribution in [2.45, 2.75) is 19.6 Å². The number of ether oxygens (including phenoxy) is 2. The van der Waals surface area contributed by atoms with Crippen LogP contribution >= 0.6 is 15.9 Å². The Labute approximate surface area is 132 Å². The zero-order valence-corrected chi connectivity index (χ0v) is 13.5. The summed E-state index contributed by atoms with van der Waals surface area (Å²) in [6.45, 7) is 2.09. The molecule has 0 saturated heterocycles. The van der Waals surface area contributed by atoms with Gasteiger partial charge in [-0.25, -0.2) is 4.39 Å². The lowest BCUT2D eigenvalue weighted by atomic mass is 10.1. The van der Waals surface area contributed by atoms with Gasteiger partial charge in [0, 0.05) is 17.7 Å².